The van der Waals surface area contributed by atoms with Gasteiger partial charge in [-0.1, -0.05) is 30.3 Å². The second-order valence-electron chi connectivity index (χ2n) is 6.87. The number of hydrogen-bond donors (Lipinski definition) is 1. The summed E-state index contributed by atoms with van der Waals surface area (Å²) in [6.07, 6.45) is 1.48. The molecule has 1 fully saturated rings. The number of piperidine rings is 1. The Bertz CT molecular complexity index is 861. The molecule has 0 amide bonds. The lowest BCUT2D eigenvalue weighted by molar-refractivity contribution is 0.129. The van der Waals surface area contributed by atoms with Crippen molar-refractivity contribution in [1.82, 2.24) is 14.1 Å². The third-order valence-corrected chi connectivity index (χ3v) is 7.37. The molecule has 0 bridgehead atoms. The van der Waals surface area contributed by atoms with Crippen molar-refractivity contribution in [3.8, 4) is 0 Å². The second-order valence-corrected chi connectivity index (χ2v) is 8.74. The largest absolute Gasteiger partial charge is 0.395 e. The maximum Gasteiger partial charge on any atom is 0.246 e. The normalized spacial score (nSPS) is 22.2. The molecule has 0 saturated carbocycles. The summed E-state index contributed by atoms with van der Waals surface area (Å²) in [7, 11) is -1.90. The molecule has 1 aliphatic rings. The summed E-state index contributed by atoms with van der Waals surface area (Å²) < 4.78 is 29.6. The number of benzene rings is 1. The van der Waals surface area contributed by atoms with Crippen LogP contribution >= 0.6 is 0 Å². The maximum atomic E-state index is 13.3. The van der Waals surface area contributed by atoms with Crippen molar-refractivity contribution in [2.24, 2.45) is 7.05 Å². The van der Waals surface area contributed by atoms with Crippen molar-refractivity contribution < 1.29 is 13.5 Å². The van der Waals surface area contributed by atoms with E-state index in [0.29, 0.717) is 24.4 Å². The van der Waals surface area contributed by atoms with Gasteiger partial charge in [-0.2, -0.15) is 9.40 Å². The Morgan fingerprint density at radius 1 is 1.24 bits per heavy atom. The Labute approximate surface area is 149 Å². The Morgan fingerprint density at radius 3 is 2.48 bits per heavy atom. The highest BCUT2D eigenvalue weighted by atomic mass is 32.2. The fraction of sp³-hybridized carbons (Fsp3) is 0.500. The van der Waals surface area contributed by atoms with Gasteiger partial charge in [0.25, 0.3) is 0 Å². The minimum absolute atomic E-state index is 0.0754. The number of sulfonamides is 1. The van der Waals surface area contributed by atoms with Crippen molar-refractivity contribution in [3.05, 3.63) is 47.3 Å². The number of hydrogen-bond acceptors (Lipinski definition) is 4. The molecule has 2 heterocycles. The van der Waals surface area contributed by atoms with Crippen LogP contribution in [0.3, 0.4) is 0 Å². The Kier molecular flexibility index (Phi) is 4.74. The Morgan fingerprint density at radius 2 is 1.92 bits per heavy atom. The standard InChI is InChI=1S/C18H25N3O3S/c1-14-17(15(2)20(3)19-14)25(23,24)21-11-7-10-18(12-21,13-22)16-8-5-4-6-9-16/h4-6,8-9,22H,7,10-13H2,1-3H3. The summed E-state index contributed by atoms with van der Waals surface area (Å²) in [4.78, 5) is 0.289. The lowest BCUT2D eigenvalue weighted by atomic mass is 9.75. The quantitative estimate of drug-likeness (QED) is 0.898. The fourth-order valence-corrected chi connectivity index (χ4v) is 5.76. The number of aliphatic hydroxyl groups is 1. The fourth-order valence-electron chi connectivity index (χ4n) is 3.80. The van der Waals surface area contributed by atoms with Crippen molar-refractivity contribution >= 4 is 10.0 Å². The van der Waals surface area contributed by atoms with Crippen LogP contribution in [0.2, 0.25) is 0 Å². The highest BCUT2D eigenvalue weighted by molar-refractivity contribution is 7.89. The zero-order valence-corrected chi connectivity index (χ0v) is 15.8. The lowest BCUT2D eigenvalue weighted by Gasteiger charge is -2.41. The molecule has 136 valence electrons. The zero-order chi connectivity index (χ0) is 18.2. The molecule has 1 unspecified atom stereocenters. The molecule has 7 heteroatoms. The molecule has 25 heavy (non-hydrogen) atoms. The van der Waals surface area contributed by atoms with Gasteiger partial charge in [-0.15, -0.1) is 0 Å². The second kappa shape index (κ2) is 6.55. The topological polar surface area (TPSA) is 75.4 Å². The first-order valence-electron chi connectivity index (χ1n) is 8.48. The van der Waals surface area contributed by atoms with E-state index in [1.165, 1.54) is 4.31 Å². The number of rotatable bonds is 4. The van der Waals surface area contributed by atoms with E-state index in [0.717, 1.165) is 12.0 Å². The highest BCUT2D eigenvalue weighted by Crippen LogP contribution is 2.36. The van der Waals surface area contributed by atoms with E-state index >= 15 is 0 Å². The molecule has 6 nitrogen and oxygen atoms in total. The zero-order valence-electron chi connectivity index (χ0n) is 14.9. The SMILES string of the molecule is Cc1nn(C)c(C)c1S(=O)(=O)N1CCCC(CO)(c2ccccc2)C1. The molecule has 1 aromatic heterocycles. The minimum Gasteiger partial charge on any atom is -0.395 e. The van der Waals surface area contributed by atoms with Crippen LogP contribution in [0.15, 0.2) is 35.2 Å². The lowest BCUT2D eigenvalue weighted by Crippen LogP contribution is -2.50. The maximum absolute atomic E-state index is 13.3. The molecule has 1 saturated heterocycles. The van der Waals surface area contributed by atoms with E-state index in [4.69, 9.17) is 0 Å². The van der Waals surface area contributed by atoms with Crippen LogP contribution in [0.1, 0.15) is 29.8 Å². The van der Waals surface area contributed by atoms with Gasteiger partial charge in [-0.25, -0.2) is 8.42 Å². The minimum atomic E-state index is -3.65. The number of aryl methyl sites for hydroxylation is 2. The summed E-state index contributed by atoms with van der Waals surface area (Å²) in [5, 5.41) is 14.4. The summed E-state index contributed by atoms with van der Waals surface area (Å²) in [5.41, 5.74) is 1.57. The molecule has 3 rings (SSSR count). The third-order valence-electron chi connectivity index (χ3n) is 5.27. The van der Waals surface area contributed by atoms with Crippen molar-refractivity contribution in [3.63, 3.8) is 0 Å². The van der Waals surface area contributed by atoms with Crippen LogP contribution in [0, 0.1) is 13.8 Å². The smallest absolute Gasteiger partial charge is 0.246 e. The first-order chi connectivity index (χ1) is 11.8. The summed E-state index contributed by atoms with van der Waals surface area (Å²) in [5.74, 6) is 0. The van der Waals surface area contributed by atoms with Gasteiger partial charge in [0.15, 0.2) is 0 Å². The van der Waals surface area contributed by atoms with Crippen LogP contribution in [0.5, 0.6) is 0 Å². The van der Waals surface area contributed by atoms with Crippen molar-refractivity contribution in [2.75, 3.05) is 19.7 Å². The molecule has 2 aromatic rings. The van der Waals surface area contributed by atoms with Gasteiger partial charge in [0.1, 0.15) is 4.90 Å². The number of aliphatic hydroxyl groups excluding tert-OH is 1. The molecule has 0 spiro atoms. The van der Waals surface area contributed by atoms with Gasteiger partial charge < -0.3 is 5.11 Å². The Hall–Kier alpha value is -1.70. The number of nitrogens with zero attached hydrogens (tertiary/aromatic N) is 3. The van der Waals surface area contributed by atoms with E-state index in [1.807, 2.05) is 30.3 Å². The average molecular weight is 363 g/mol. The van der Waals surface area contributed by atoms with E-state index in [-0.39, 0.29) is 18.0 Å². The van der Waals surface area contributed by atoms with Gasteiger partial charge in [0.05, 0.1) is 18.0 Å². The van der Waals surface area contributed by atoms with Crippen molar-refractivity contribution in [1.29, 1.82) is 0 Å². The molecule has 1 aromatic carbocycles. The summed E-state index contributed by atoms with van der Waals surface area (Å²) in [6.45, 7) is 4.16. The van der Waals surface area contributed by atoms with Crippen LogP contribution in [0.25, 0.3) is 0 Å². The molecule has 1 N–H and O–H groups in total. The number of aromatic nitrogens is 2. The van der Waals surface area contributed by atoms with Crippen LogP contribution in [0.4, 0.5) is 0 Å². The van der Waals surface area contributed by atoms with E-state index in [9.17, 15) is 13.5 Å². The predicted molar refractivity (Wildman–Crippen MR) is 95.9 cm³/mol. The first kappa shape index (κ1) is 18.1. The van der Waals surface area contributed by atoms with Gasteiger partial charge in [-0.05, 0) is 32.3 Å². The summed E-state index contributed by atoms with van der Waals surface area (Å²) in [6, 6.07) is 9.71. The monoisotopic (exact) mass is 363 g/mol. The van der Waals surface area contributed by atoms with Gasteiger partial charge in [0.2, 0.25) is 10.0 Å². The predicted octanol–water partition coefficient (Wildman–Crippen LogP) is 1.75. The molecule has 0 aliphatic carbocycles. The van der Waals surface area contributed by atoms with E-state index in [1.54, 1.807) is 25.6 Å². The molecule has 0 radical (unpaired) electrons. The van der Waals surface area contributed by atoms with Crippen LogP contribution in [-0.4, -0.2) is 47.3 Å². The Balaban J connectivity index is 2.01. The third kappa shape index (κ3) is 3.01. The van der Waals surface area contributed by atoms with E-state index < -0.39 is 15.4 Å². The first-order valence-corrected chi connectivity index (χ1v) is 9.92. The molecular weight excluding hydrogens is 338 g/mol. The summed E-state index contributed by atoms with van der Waals surface area (Å²) >= 11 is 0. The van der Waals surface area contributed by atoms with Crippen LogP contribution in [-0.2, 0) is 22.5 Å². The van der Waals surface area contributed by atoms with Crippen LogP contribution < -0.4 is 0 Å². The highest BCUT2D eigenvalue weighted by Gasteiger charge is 2.42. The molecule has 1 atom stereocenters. The van der Waals surface area contributed by atoms with Gasteiger partial charge in [-0.3, -0.25) is 4.68 Å². The average Bonchev–Trinajstić information content (AvgIpc) is 2.88. The van der Waals surface area contributed by atoms with Gasteiger partial charge >= 0.3 is 0 Å². The van der Waals surface area contributed by atoms with E-state index in [2.05, 4.69) is 5.10 Å². The molecular formula is C18H25N3O3S. The van der Waals surface area contributed by atoms with Gasteiger partial charge in [0, 0.05) is 25.6 Å². The van der Waals surface area contributed by atoms with Crippen molar-refractivity contribution in [2.45, 2.75) is 37.0 Å². The molecule has 1 aliphatic heterocycles.